The van der Waals surface area contributed by atoms with Gasteiger partial charge < -0.3 is 16.0 Å². The third-order valence-corrected chi connectivity index (χ3v) is 2.69. The van der Waals surface area contributed by atoms with Crippen LogP contribution in [0.4, 0.5) is 11.6 Å². The fraction of sp³-hybridized carbons (Fsp3) is 0.0909. The number of aromatic nitrogens is 5. The number of hydrogen-bond donors (Lipinski definition) is 4. The second kappa shape index (κ2) is 4.09. The molecule has 0 saturated carbocycles. The number of nitrogens with one attached hydrogen (secondary N) is 3. The Morgan fingerprint density at radius 3 is 3.00 bits per heavy atom. The lowest BCUT2D eigenvalue weighted by Gasteiger charge is -2.01. The summed E-state index contributed by atoms with van der Waals surface area (Å²) < 4.78 is 0. The molecule has 0 unspecified atom stereocenters. The lowest BCUT2D eigenvalue weighted by atomic mass is 10.2. The molecule has 0 aliphatic carbocycles. The molecule has 8 heteroatoms. The van der Waals surface area contributed by atoms with Crippen LogP contribution in [0.2, 0.25) is 0 Å². The second-order valence-corrected chi connectivity index (χ2v) is 4.08. The zero-order valence-corrected chi connectivity index (χ0v) is 10.1. The van der Waals surface area contributed by atoms with E-state index in [0.717, 1.165) is 5.69 Å². The predicted molar refractivity (Wildman–Crippen MR) is 69.6 cm³/mol. The zero-order chi connectivity index (χ0) is 13.4. The summed E-state index contributed by atoms with van der Waals surface area (Å²) in [5, 5.41) is 9.86. The van der Waals surface area contributed by atoms with Gasteiger partial charge in [-0.2, -0.15) is 5.10 Å². The molecule has 0 fully saturated rings. The average molecular weight is 257 g/mol. The van der Waals surface area contributed by atoms with E-state index in [1.165, 1.54) is 6.33 Å². The van der Waals surface area contributed by atoms with E-state index in [9.17, 15) is 4.79 Å². The van der Waals surface area contributed by atoms with Gasteiger partial charge in [-0.3, -0.25) is 9.89 Å². The van der Waals surface area contributed by atoms with Gasteiger partial charge in [0, 0.05) is 18.0 Å². The van der Waals surface area contributed by atoms with Gasteiger partial charge in [0.15, 0.2) is 5.82 Å². The summed E-state index contributed by atoms with van der Waals surface area (Å²) in [4.78, 5) is 22.9. The minimum Gasteiger partial charge on any atom is -0.383 e. The van der Waals surface area contributed by atoms with E-state index in [4.69, 9.17) is 5.73 Å². The first kappa shape index (κ1) is 11.2. The van der Waals surface area contributed by atoms with E-state index in [-0.39, 0.29) is 11.7 Å². The molecule has 8 nitrogen and oxygen atoms in total. The molecule has 0 aromatic carbocycles. The van der Waals surface area contributed by atoms with Crippen molar-refractivity contribution in [1.82, 2.24) is 25.1 Å². The number of nitrogen functional groups attached to an aromatic ring is 1. The second-order valence-electron chi connectivity index (χ2n) is 4.08. The third-order valence-electron chi connectivity index (χ3n) is 2.69. The van der Waals surface area contributed by atoms with Crippen LogP contribution in [-0.4, -0.2) is 31.1 Å². The number of amides is 1. The number of anilines is 2. The molecule has 0 aliphatic heterocycles. The van der Waals surface area contributed by atoms with Crippen molar-refractivity contribution in [1.29, 1.82) is 0 Å². The number of carbonyl (C=O) groups is 1. The van der Waals surface area contributed by atoms with Crippen LogP contribution in [0.25, 0.3) is 11.0 Å². The molecule has 3 aromatic rings. The summed E-state index contributed by atoms with van der Waals surface area (Å²) in [6, 6.07) is 1.73. The Labute approximate surface area is 107 Å². The topological polar surface area (TPSA) is 125 Å². The van der Waals surface area contributed by atoms with Gasteiger partial charge in [0.1, 0.15) is 17.8 Å². The van der Waals surface area contributed by atoms with Crippen LogP contribution in [0, 0.1) is 6.92 Å². The molecule has 0 radical (unpaired) electrons. The lowest BCUT2D eigenvalue weighted by Crippen LogP contribution is -2.12. The summed E-state index contributed by atoms with van der Waals surface area (Å²) in [6.07, 6.45) is 2.89. The van der Waals surface area contributed by atoms with Crippen molar-refractivity contribution in [3.63, 3.8) is 0 Å². The molecular formula is C11H11N7O. The first-order valence-corrected chi connectivity index (χ1v) is 5.56. The molecule has 0 saturated heterocycles. The maximum Gasteiger partial charge on any atom is 0.259 e. The minimum absolute atomic E-state index is 0.259. The Morgan fingerprint density at radius 1 is 1.42 bits per heavy atom. The number of nitrogens with zero attached hydrogens (tertiary/aromatic N) is 3. The Kier molecular flexibility index (Phi) is 2.41. The van der Waals surface area contributed by atoms with Crippen molar-refractivity contribution < 1.29 is 4.79 Å². The molecular weight excluding hydrogens is 246 g/mol. The number of fused-ring (bicyclic) bond motifs is 1. The van der Waals surface area contributed by atoms with Crippen LogP contribution in [-0.2, 0) is 0 Å². The van der Waals surface area contributed by atoms with Crippen molar-refractivity contribution in [3.8, 4) is 0 Å². The van der Waals surface area contributed by atoms with Gasteiger partial charge in [-0.05, 0) is 6.92 Å². The van der Waals surface area contributed by atoms with Gasteiger partial charge >= 0.3 is 0 Å². The maximum absolute atomic E-state index is 12.2. The van der Waals surface area contributed by atoms with Crippen LogP contribution in [0.5, 0.6) is 0 Å². The van der Waals surface area contributed by atoms with Crippen molar-refractivity contribution in [3.05, 3.63) is 29.8 Å². The van der Waals surface area contributed by atoms with E-state index in [1.54, 1.807) is 12.3 Å². The smallest absolute Gasteiger partial charge is 0.259 e. The normalized spacial score (nSPS) is 10.8. The molecule has 3 heterocycles. The van der Waals surface area contributed by atoms with Crippen LogP contribution >= 0.6 is 0 Å². The van der Waals surface area contributed by atoms with Crippen molar-refractivity contribution in [2.45, 2.75) is 6.92 Å². The predicted octanol–water partition coefficient (Wildman–Crippen LogP) is 0.824. The summed E-state index contributed by atoms with van der Waals surface area (Å²) in [7, 11) is 0. The first-order chi connectivity index (χ1) is 9.15. The highest BCUT2D eigenvalue weighted by Gasteiger charge is 2.16. The maximum atomic E-state index is 12.2. The number of aromatic amines is 2. The number of rotatable bonds is 2. The van der Waals surface area contributed by atoms with Crippen molar-refractivity contribution >= 4 is 28.6 Å². The minimum atomic E-state index is -0.320. The van der Waals surface area contributed by atoms with E-state index in [1.807, 2.05) is 6.92 Å². The number of carbonyl (C=O) groups excluding carboxylic acids is 1. The van der Waals surface area contributed by atoms with Crippen LogP contribution in [0.15, 0.2) is 18.6 Å². The molecule has 96 valence electrons. The van der Waals surface area contributed by atoms with Crippen LogP contribution in [0.1, 0.15) is 16.1 Å². The molecule has 19 heavy (non-hydrogen) atoms. The number of hydrogen-bond acceptors (Lipinski definition) is 5. The van der Waals surface area contributed by atoms with Crippen molar-refractivity contribution in [2.75, 3.05) is 11.1 Å². The largest absolute Gasteiger partial charge is 0.383 e. The number of aryl methyl sites for hydroxylation is 1. The summed E-state index contributed by atoms with van der Waals surface area (Å²) in [5.74, 6) is 0.390. The van der Waals surface area contributed by atoms with Gasteiger partial charge in [0.25, 0.3) is 5.91 Å². The molecule has 5 N–H and O–H groups in total. The highest BCUT2D eigenvalue weighted by Crippen LogP contribution is 2.21. The average Bonchev–Trinajstić information content (AvgIpc) is 2.96. The lowest BCUT2D eigenvalue weighted by molar-refractivity contribution is 0.102. The van der Waals surface area contributed by atoms with Gasteiger partial charge in [0.2, 0.25) is 0 Å². The fourth-order valence-electron chi connectivity index (χ4n) is 1.83. The van der Waals surface area contributed by atoms with Crippen LogP contribution < -0.4 is 11.1 Å². The quantitative estimate of drug-likeness (QED) is 0.541. The summed E-state index contributed by atoms with van der Waals surface area (Å²) >= 11 is 0. The fourth-order valence-corrected chi connectivity index (χ4v) is 1.83. The highest BCUT2D eigenvalue weighted by molar-refractivity contribution is 6.14. The Hall–Kier alpha value is -2.90. The van der Waals surface area contributed by atoms with Crippen LogP contribution in [0.3, 0.4) is 0 Å². The van der Waals surface area contributed by atoms with E-state index in [2.05, 4.69) is 30.5 Å². The molecule has 3 aromatic heterocycles. The Morgan fingerprint density at radius 2 is 2.26 bits per heavy atom. The van der Waals surface area contributed by atoms with Gasteiger partial charge in [-0.15, -0.1) is 0 Å². The van der Waals surface area contributed by atoms with E-state index >= 15 is 0 Å². The molecule has 0 aliphatic rings. The monoisotopic (exact) mass is 257 g/mol. The third kappa shape index (κ3) is 1.88. The summed E-state index contributed by atoms with van der Waals surface area (Å²) in [5.41, 5.74) is 7.53. The van der Waals surface area contributed by atoms with Gasteiger partial charge in [0.05, 0.1) is 10.9 Å². The van der Waals surface area contributed by atoms with Gasteiger partial charge in [-0.25, -0.2) is 9.97 Å². The Balaban J connectivity index is 1.98. The molecule has 0 bridgehead atoms. The molecule has 3 rings (SSSR count). The Bertz CT molecular complexity index is 757. The molecule has 0 atom stereocenters. The van der Waals surface area contributed by atoms with E-state index < -0.39 is 0 Å². The van der Waals surface area contributed by atoms with Crippen molar-refractivity contribution in [2.24, 2.45) is 0 Å². The SMILES string of the molecule is Cc1cc(NC(=O)c2c[nH]c3ncnc(N)c23)n[nH]1. The number of H-pyrrole nitrogens is 2. The zero-order valence-electron chi connectivity index (χ0n) is 10.1. The molecule has 1 amide bonds. The molecule has 0 spiro atoms. The highest BCUT2D eigenvalue weighted by atomic mass is 16.1. The summed E-state index contributed by atoms with van der Waals surface area (Å²) in [6.45, 7) is 1.85. The first-order valence-electron chi connectivity index (χ1n) is 5.56. The van der Waals surface area contributed by atoms with Gasteiger partial charge in [-0.1, -0.05) is 0 Å². The standard InChI is InChI=1S/C11H11N7O/c1-5-2-7(18-17-5)16-11(19)6-3-13-10-8(6)9(12)14-4-15-10/h2-4H,1H3,(H3,12,13,14,15)(H2,16,17,18,19). The number of nitrogens with two attached hydrogens (primary N) is 1. The van der Waals surface area contributed by atoms with E-state index in [0.29, 0.717) is 22.4 Å².